The molecule has 1 amide bonds. The summed E-state index contributed by atoms with van der Waals surface area (Å²) in [6, 6.07) is 10.2. The van der Waals surface area contributed by atoms with Crippen molar-refractivity contribution >= 4 is 17.2 Å². The smallest absolute Gasteiger partial charge is 0.226 e. The molecule has 0 atom stereocenters. The molecule has 1 aliphatic carbocycles. The van der Waals surface area contributed by atoms with Crippen LogP contribution >= 0.6 is 11.3 Å². The number of nitrogens with two attached hydrogens (primary N) is 1. The third-order valence-electron chi connectivity index (χ3n) is 3.99. The van der Waals surface area contributed by atoms with Gasteiger partial charge in [-0.3, -0.25) is 4.79 Å². The van der Waals surface area contributed by atoms with E-state index in [4.69, 9.17) is 5.73 Å². The quantitative estimate of drug-likeness (QED) is 0.824. The van der Waals surface area contributed by atoms with Gasteiger partial charge in [0, 0.05) is 11.8 Å². The number of nitrogens with zero attached hydrogens (tertiary/aromatic N) is 1. The number of rotatable bonds is 7. The molecule has 3 rings (SSSR count). The molecule has 0 aliphatic heterocycles. The highest BCUT2D eigenvalue weighted by Gasteiger charge is 2.45. The molecule has 3 N–H and O–H groups in total. The summed E-state index contributed by atoms with van der Waals surface area (Å²) >= 11 is 1.61. The predicted octanol–water partition coefficient (Wildman–Crippen LogP) is 2.38. The van der Waals surface area contributed by atoms with Gasteiger partial charge < -0.3 is 11.1 Å². The van der Waals surface area contributed by atoms with Crippen LogP contribution in [0.2, 0.25) is 0 Å². The number of aromatic nitrogens is 1. The Kier molecular flexibility index (Phi) is 4.55. The Morgan fingerprint density at radius 2 is 2.09 bits per heavy atom. The van der Waals surface area contributed by atoms with E-state index in [-0.39, 0.29) is 11.4 Å². The second-order valence-electron chi connectivity index (χ2n) is 5.80. The predicted molar refractivity (Wildman–Crippen MR) is 88.7 cm³/mol. The molecule has 1 aromatic heterocycles. The van der Waals surface area contributed by atoms with Gasteiger partial charge in [0.25, 0.3) is 0 Å². The third-order valence-corrected chi connectivity index (χ3v) is 4.95. The van der Waals surface area contributed by atoms with E-state index in [9.17, 15) is 4.79 Å². The lowest BCUT2D eigenvalue weighted by Crippen LogP contribution is -2.35. The van der Waals surface area contributed by atoms with Crippen molar-refractivity contribution in [2.24, 2.45) is 5.73 Å². The highest BCUT2D eigenvalue weighted by molar-refractivity contribution is 7.09. The van der Waals surface area contributed by atoms with Gasteiger partial charge >= 0.3 is 0 Å². The first-order chi connectivity index (χ1) is 10.7. The van der Waals surface area contributed by atoms with Gasteiger partial charge in [0.05, 0.1) is 22.7 Å². The summed E-state index contributed by atoms with van der Waals surface area (Å²) in [4.78, 5) is 16.8. The Morgan fingerprint density at radius 3 is 2.77 bits per heavy atom. The van der Waals surface area contributed by atoms with E-state index in [1.807, 2.05) is 23.6 Å². The molecule has 1 heterocycles. The average Bonchev–Trinajstić information content (AvgIpc) is 3.18. The molecule has 1 aliphatic rings. The number of aryl methyl sites for hydroxylation is 1. The second kappa shape index (κ2) is 6.58. The van der Waals surface area contributed by atoms with Crippen molar-refractivity contribution in [2.75, 3.05) is 6.54 Å². The van der Waals surface area contributed by atoms with E-state index in [0.717, 1.165) is 36.4 Å². The van der Waals surface area contributed by atoms with Crippen molar-refractivity contribution in [1.29, 1.82) is 0 Å². The minimum Gasteiger partial charge on any atom is -0.346 e. The Hall–Kier alpha value is -1.72. The van der Waals surface area contributed by atoms with Gasteiger partial charge in [0.1, 0.15) is 0 Å². The number of nitrogens with one attached hydrogen (secondary N) is 1. The normalized spacial score (nSPS) is 15.5. The van der Waals surface area contributed by atoms with E-state index in [0.29, 0.717) is 13.0 Å². The molecule has 1 fully saturated rings. The molecule has 22 heavy (non-hydrogen) atoms. The Morgan fingerprint density at radius 1 is 1.32 bits per heavy atom. The second-order valence-corrected chi connectivity index (χ2v) is 6.74. The molecule has 5 heteroatoms. The minimum absolute atomic E-state index is 0.0528. The molecule has 0 unspecified atom stereocenters. The van der Waals surface area contributed by atoms with Crippen LogP contribution in [0.25, 0.3) is 0 Å². The van der Waals surface area contributed by atoms with Crippen LogP contribution in [0.4, 0.5) is 0 Å². The highest BCUT2D eigenvalue weighted by Crippen LogP contribution is 2.45. The Labute approximate surface area is 134 Å². The summed E-state index contributed by atoms with van der Waals surface area (Å²) in [5.41, 5.74) is 7.43. The molecular weight excluding hydrogens is 294 g/mol. The zero-order valence-corrected chi connectivity index (χ0v) is 13.4. The van der Waals surface area contributed by atoms with Gasteiger partial charge in [0.15, 0.2) is 0 Å². The van der Waals surface area contributed by atoms with Crippen LogP contribution in [0.3, 0.4) is 0 Å². The summed E-state index contributed by atoms with van der Waals surface area (Å²) in [6.45, 7) is 0.676. The van der Waals surface area contributed by atoms with E-state index in [1.54, 1.807) is 11.3 Å². The summed E-state index contributed by atoms with van der Waals surface area (Å²) < 4.78 is 0. The van der Waals surface area contributed by atoms with Crippen LogP contribution in [0.1, 0.15) is 35.5 Å². The van der Waals surface area contributed by atoms with Crippen molar-refractivity contribution in [1.82, 2.24) is 10.3 Å². The van der Waals surface area contributed by atoms with E-state index in [2.05, 4.69) is 22.4 Å². The first kappa shape index (κ1) is 15.2. The number of amides is 1. The van der Waals surface area contributed by atoms with Crippen molar-refractivity contribution in [3.8, 4) is 0 Å². The lowest BCUT2D eigenvalue weighted by Gasteiger charge is -2.17. The first-order valence-corrected chi connectivity index (χ1v) is 8.60. The number of hydrogen-bond donors (Lipinski definition) is 2. The lowest BCUT2D eigenvalue weighted by atomic mass is 10.0. The standard InChI is InChI=1S/C17H21N3OS/c18-10-4-7-16-19-14(12-22-16)11-15(21)20-17(8-9-17)13-5-2-1-3-6-13/h1-3,5-6,12H,4,7-11,18H2,(H,20,21). The zero-order valence-electron chi connectivity index (χ0n) is 12.5. The van der Waals surface area contributed by atoms with Gasteiger partial charge in [-0.25, -0.2) is 4.98 Å². The maximum Gasteiger partial charge on any atom is 0.226 e. The number of carbonyl (C=O) groups excluding carboxylic acids is 1. The van der Waals surface area contributed by atoms with Crippen molar-refractivity contribution in [3.63, 3.8) is 0 Å². The average molecular weight is 315 g/mol. The SMILES string of the molecule is NCCCc1nc(CC(=O)NC2(c3ccccc3)CC2)cs1. The van der Waals surface area contributed by atoms with Crippen molar-refractivity contribution in [2.45, 2.75) is 37.6 Å². The van der Waals surface area contributed by atoms with Crippen LogP contribution in [0, 0.1) is 0 Å². The molecule has 4 nitrogen and oxygen atoms in total. The van der Waals surface area contributed by atoms with Gasteiger partial charge in [-0.05, 0) is 31.4 Å². The Bertz CT molecular complexity index is 634. The fourth-order valence-corrected chi connectivity index (χ4v) is 3.48. The van der Waals surface area contributed by atoms with Gasteiger partial charge in [-0.2, -0.15) is 0 Å². The summed E-state index contributed by atoms with van der Waals surface area (Å²) in [7, 11) is 0. The molecule has 1 saturated carbocycles. The van der Waals surface area contributed by atoms with E-state index < -0.39 is 0 Å². The fraction of sp³-hybridized carbons (Fsp3) is 0.412. The topological polar surface area (TPSA) is 68.0 Å². The van der Waals surface area contributed by atoms with E-state index in [1.165, 1.54) is 5.56 Å². The molecule has 2 aromatic rings. The monoisotopic (exact) mass is 315 g/mol. The lowest BCUT2D eigenvalue weighted by molar-refractivity contribution is -0.121. The first-order valence-electron chi connectivity index (χ1n) is 7.72. The highest BCUT2D eigenvalue weighted by atomic mass is 32.1. The molecule has 116 valence electrons. The number of carbonyl (C=O) groups is 1. The van der Waals surface area contributed by atoms with Crippen molar-refractivity contribution < 1.29 is 4.79 Å². The number of thiazole rings is 1. The molecule has 0 saturated heterocycles. The Balaban J connectivity index is 1.58. The largest absolute Gasteiger partial charge is 0.346 e. The summed E-state index contributed by atoms with van der Waals surface area (Å²) in [5.74, 6) is 0.0528. The van der Waals surface area contributed by atoms with Crippen LogP contribution in [0.5, 0.6) is 0 Å². The maximum absolute atomic E-state index is 12.3. The van der Waals surface area contributed by atoms with Crippen molar-refractivity contribution in [3.05, 3.63) is 52.0 Å². The van der Waals surface area contributed by atoms with Crippen LogP contribution in [0.15, 0.2) is 35.7 Å². The molecule has 1 aromatic carbocycles. The minimum atomic E-state index is -0.142. The number of benzene rings is 1. The zero-order chi connectivity index (χ0) is 15.4. The molecular formula is C17H21N3OS. The van der Waals surface area contributed by atoms with Crippen LogP contribution in [-0.4, -0.2) is 17.4 Å². The van der Waals surface area contributed by atoms with E-state index >= 15 is 0 Å². The van der Waals surface area contributed by atoms with Gasteiger partial charge in [-0.15, -0.1) is 11.3 Å². The molecule has 0 radical (unpaired) electrons. The maximum atomic E-state index is 12.3. The fourth-order valence-electron chi connectivity index (χ4n) is 2.64. The summed E-state index contributed by atoms with van der Waals surface area (Å²) in [5, 5.41) is 6.24. The van der Waals surface area contributed by atoms with Gasteiger partial charge in [0.2, 0.25) is 5.91 Å². The van der Waals surface area contributed by atoms with Crippen LogP contribution < -0.4 is 11.1 Å². The third kappa shape index (κ3) is 3.54. The molecule has 0 spiro atoms. The van der Waals surface area contributed by atoms with Crippen LogP contribution in [-0.2, 0) is 23.2 Å². The molecule has 0 bridgehead atoms. The number of hydrogen-bond acceptors (Lipinski definition) is 4. The summed E-state index contributed by atoms with van der Waals surface area (Å²) in [6.07, 6.45) is 4.23. The van der Waals surface area contributed by atoms with Gasteiger partial charge in [-0.1, -0.05) is 30.3 Å².